The minimum atomic E-state index is -1.65. The molecule has 2 N–H and O–H groups in total. The van der Waals surface area contributed by atoms with Crippen molar-refractivity contribution in [2.45, 2.75) is 30.8 Å². The Morgan fingerprint density at radius 1 is 1.21 bits per heavy atom. The highest BCUT2D eigenvalue weighted by molar-refractivity contribution is 7.99. The average Bonchev–Trinajstić information content (AvgIpc) is 3.06. The molecule has 146 valence electrons. The SMILES string of the molecule is O=C(CSc1nc2sc3c(c2c(=O)[nH]1)CCCC3)Nc1ccc(F)c(F)c1F. The number of aromatic nitrogens is 2. The topological polar surface area (TPSA) is 74.8 Å². The first-order chi connectivity index (χ1) is 13.4. The maximum absolute atomic E-state index is 13.6. The van der Waals surface area contributed by atoms with Crippen LogP contribution in [-0.2, 0) is 17.6 Å². The van der Waals surface area contributed by atoms with Crippen LogP contribution in [0.4, 0.5) is 18.9 Å². The molecule has 1 amide bonds. The molecule has 28 heavy (non-hydrogen) atoms. The van der Waals surface area contributed by atoms with Crippen molar-refractivity contribution in [2.75, 3.05) is 11.1 Å². The van der Waals surface area contributed by atoms with Gasteiger partial charge in [-0.15, -0.1) is 11.3 Å². The lowest BCUT2D eigenvalue weighted by molar-refractivity contribution is -0.113. The van der Waals surface area contributed by atoms with Crippen LogP contribution in [0.2, 0.25) is 0 Å². The summed E-state index contributed by atoms with van der Waals surface area (Å²) in [5.41, 5.74) is 0.384. The average molecular weight is 425 g/mol. The third kappa shape index (κ3) is 3.53. The molecule has 5 nitrogen and oxygen atoms in total. The van der Waals surface area contributed by atoms with Gasteiger partial charge in [-0.2, -0.15) is 0 Å². The molecule has 0 fully saturated rings. The monoisotopic (exact) mass is 425 g/mol. The van der Waals surface area contributed by atoms with Crippen LogP contribution in [-0.4, -0.2) is 21.6 Å². The first-order valence-corrected chi connectivity index (χ1v) is 10.3. The van der Waals surface area contributed by atoms with Gasteiger partial charge in [0.05, 0.1) is 16.8 Å². The predicted molar refractivity (Wildman–Crippen MR) is 103 cm³/mol. The standard InChI is InChI=1S/C18H14F3N3O2S2/c19-9-5-6-10(15(21)14(9)20)22-12(25)7-27-18-23-16(26)13-8-3-1-2-4-11(8)28-17(13)24-18/h5-6H,1-4,7H2,(H,22,25)(H,23,24,26). The lowest BCUT2D eigenvalue weighted by Crippen LogP contribution is -2.17. The number of carbonyl (C=O) groups excluding carboxylic acids is 1. The zero-order valence-electron chi connectivity index (χ0n) is 14.4. The fourth-order valence-corrected chi connectivity index (χ4v) is 5.14. The molecular formula is C18H14F3N3O2S2. The molecule has 0 bridgehead atoms. The molecule has 3 aromatic rings. The highest BCUT2D eigenvalue weighted by Gasteiger charge is 2.20. The fraction of sp³-hybridized carbons (Fsp3) is 0.278. The summed E-state index contributed by atoms with van der Waals surface area (Å²) in [6.07, 6.45) is 3.96. The number of H-pyrrole nitrogens is 1. The Morgan fingerprint density at radius 3 is 2.82 bits per heavy atom. The van der Waals surface area contributed by atoms with Crippen molar-refractivity contribution in [3.63, 3.8) is 0 Å². The van der Waals surface area contributed by atoms with Gasteiger partial charge in [-0.3, -0.25) is 9.59 Å². The number of hydrogen-bond acceptors (Lipinski definition) is 5. The van der Waals surface area contributed by atoms with Gasteiger partial charge in [-0.05, 0) is 43.4 Å². The summed E-state index contributed by atoms with van der Waals surface area (Å²) >= 11 is 2.47. The normalized spacial score (nSPS) is 13.5. The van der Waals surface area contributed by atoms with Crippen molar-refractivity contribution in [3.05, 3.63) is 50.4 Å². The Hall–Kier alpha value is -2.33. The maximum Gasteiger partial charge on any atom is 0.260 e. The summed E-state index contributed by atoms with van der Waals surface area (Å²) in [7, 11) is 0. The van der Waals surface area contributed by atoms with Crippen molar-refractivity contribution >= 4 is 44.9 Å². The van der Waals surface area contributed by atoms with E-state index >= 15 is 0 Å². The van der Waals surface area contributed by atoms with E-state index in [9.17, 15) is 22.8 Å². The van der Waals surface area contributed by atoms with Crippen LogP contribution in [0.3, 0.4) is 0 Å². The van der Waals surface area contributed by atoms with Gasteiger partial charge in [0.15, 0.2) is 22.6 Å². The number of benzene rings is 1. The van der Waals surface area contributed by atoms with Gasteiger partial charge in [-0.25, -0.2) is 18.2 Å². The number of nitrogens with one attached hydrogen (secondary N) is 2. The van der Waals surface area contributed by atoms with E-state index in [1.54, 1.807) is 0 Å². The molecule has 1 aliphatic rings. The number of aryl methyl sites for hydroxylation is 2. The van der Waals surface area contributed by atoms with Gasteiger partial charge in [0.25, 0.3) is 5.56 Å². The summed E-state index contributed by atoms with van der Waals surface area (Å²) < 4.78 is 39.8. The fourth-order valence-electron chi connectivity index (χ4n) is 3.16. The van der Waals surface area contributed by atoms with Crippen molar-refractivity contribution in [1.29, 1.82) is 0 Å². The summed E-state index contributed by atoms with van der Waals surface area (Å²) in [5.74, 6) is -5.27. The number of thioether (sulfide) groups is 1. The number of aromatic amines is 1. The number of thiophene rings is 1. The van der Waals surface area contributed by atoms with Gasteiger partial charge in [-0.1, -0.05) is 11.8 Å². The Bertz CT molecular complexity index is 1140. The predicted octanol–water partition coefficient (Wildman–Crippen LogP) is 4.01. The molecule has 10 heteroatoms. The summed E-state index contributed by atoms with van der Waals surface area (Å²) in [5, 5.41) is 3.08. The van der Waals surface area contributed by atoms with E-state index in [1.165, 1.54) is 16.2 Å². The van der Waals surface area contributed by atoms with Gasteiger partial charge < -0.3 is 10.3 Å². The van der Waals surface area contributed by atoms with Crippen molar-refractivity contribution in [1.82, 2.24) is 9.97 Å². The van der Waals surface area contributed by atoms with Crippen LogP contribution in [0.5, 0.6) is 0 Å². The minimum Gasteiger partial charge on any atom is -0.323 e. The summed E-state index contributed by atoms with van der Waals surface area (Å²) in [4.78, 5) is 33.4. The Balaban J connectivity index is 1.49. The second-order valence-electron chi connectivity index (χ2n) is 6.32. The number of nitrogens with zero attached hydrogens (tertiary/aromatic N) is 1. The largest absolute Gasteiger partial charge is 0.323 e. The third-order valence-corrected chi connectivity index (χ3v) is 6.51. The minimum absolute atomic E-state index is 0.183. The zero-order valence-corrected chi connectivity index (χ0v) is 16.0. The van der Waals surface area contributed by atoms with Gasteiger partial charge in [0, 0.05) is 4.88 Å². The molecule has 4 rings (SSSR count). The number of halogens is 3. The van der Waals surface area contributed by atoms with Crippen LogP contribution in [0, 0.1) is 17.5 Å². The molecule has 0 spiro atoms. The van der Waals surface area contributed by atoms with E-state index in [-0.39, 0.29) is 16.5 Å². The lowest BCUT2D eigenvalue weighted by atomic mass is 9.97. The van der Waals surface area contributed by atoms with Crippen LogP contribution in [0.25, 0.3) is 10.2 Å². The zero-order chi connectivity index (χ0) is 19.8. The number of anilines is 1. The van der Waals surface area contributed by atoms with Crippen LogP contribution >= 0.6 is 23.1 Å². The number of fused-ring (bicyclic) bond motifs is 3. The third-order valence-electron chi connectivity index (χ3n) is 4.45. The molecule has 0 saturated heterocycles. The number of amides is 1. The molecule has 2 heterocycles. The maximum atomic E-state index is 13.6. The van der Waals surface area contributed by atoms with E-state index < -0.39 is 29.0 Å². The second kappa shape index (κ2) is 7.59. The van der Waals surface area contributed by atoms with Gasteiger partial charge in [0.2, 0.25) is 5.91 Å². The van der Waals surface area contributed by atoms with E-state index in [4.69, 9.17) is 0 Å². The van der Waals surface area contributed by atoms with Gasteiger partial charge in [0.1, 0.15) is 4.83 Å². The molecule has 2 aromatic heterocycles. The molecule has 0 radical (unpaired) electrons. The van der Waals surface area contributed by atoms with E-state index in [0.29, 0.717) is 10.2 Å². The summed E-state index contributed by atoms with van der Waals surface area (Å²) in [6.45, 7) is 0. The van der Waals surface area contributed by atoms with Crippen molar-refractivity contribution in [3.8, 4) is 0 Å². The molecule has 0 unspecified atom stereocenters. The summed E-state index contributed by atoms with van der Waals surface area (Å²) in [6, 6.07) is 1.67. The molecule has 0 saturated carbocycles. The number of carbonyl (C=O) groups is 1. The van der Waals surface area contributed by atoms with Crippen LogP contribution in [0.1, 0.15) is 23.3 Å². The molecule has 1 aromatic carbocycles. The molecular weight excluding hydrogens is 411 g/mol. The lowest BCUT2D eigenvalue weighted by Gasteiger charge is -2.09. The Kier molecular flexibility index (Phi) is 5.15. The quantitative estimate of drug-likeness (QED) is 0.376. The van der Waals surface area contributed by atoms with Gasteiger partial charge >= 0.3 is 0 Å². The first-order valence-electron chi connectivity index (χ1n) is 8.54. The second-order valence-corrected chi connectivity index (χ2v) is 8.37. The van der Waals surface area contributed by atoms with E-state index in [1.807, 2.05) is 0 Å². The van der Waals surface area contributed by atoms with Crippen LogP contribution < -0.4 is 10.9 Å². The number of rotatable bonds is 4. The Morgan fingerprint density at radius 2 is 2.00 bits per heavy atom. The first kappa shape index (κ1) is 19.0. The highest BCUT2D eigenvalue weighted by Crippen LogP contribution is 2.34. The smallest absolute Gasteiger partial charge is 0.260 e. The Labute approximate surface area is 165 Å². The van der Waals surface area contributed by atoms with Crippen molar-refractivity contribution < 1.29 is 18.0 Å². The van der Waals surface area contributed by atoms with E-state index in [2.05, 4.69) is 15.3 Å². The van der Waals surface area contributed by atoms with Crippen LogP contribution in [0.15, 0.2) is 22.1 Å². The van der Waals surface area contributed by atoms with Crippen molar-refractivity contribution in [2.24, 2.45) is 0 Å². The number of hydrogen-bond donors (Lipinski definition) is 2. The molecule has 0 atom stereocenters. The van der Waals surface area contributed by atoms with E-state index in [0.717, 1.165) is 55.1 Å². The highest BCUT2D eigenvalue weighted by atomic mass is 32.2. The molecule has 0 aliphatic heterocycles. The molecule has 1 aliphatic carbocycles.